The first-order chi connectivity index (χ1) is 9.49. The van der Waals surface area contributed by atoms with Crippen molar-refractivity contribution in [3.8, 4) is 0 Å². The predicted molar refractivity (Wildman–Crippen MR) is 97.0 cm³/mol. The molecule has 0 saturated carbocycles. The fourth-order valence-electron chi connectivity index (χ4n) is 2.20. The van der Waals surface area contributed by atoms with Gasteiger partial charge in [-0.05, 0) is 31.4 Å². The maximum Gasteiger partial charge on any atom is 0.105 e. The molecule has 1 rings (SSSR count). The van der Waals surface area contributed by atoms with Gasteiger partial charge >= 0.3 is 0 Å². The molecule has 1 aromatic rings. The van der Waals surface area contributed by atoms with Crippen LogP contribution in [-0.4, -0.2) is 29.8 Å². The molecule has 0 aliphatic carbocycles. The highest BCUT2D eigenvalue weighted by molar-refractivity contribution is 5.85. The average Bonchev–Trinajstić information content (AvgIpc) is 2.88. The fraction of sp³-hybridized carbons (Fsp3) is 0.750. The number of halogens is 2. The maximum atomic E-state index is 10.0. The van der Waals surface area contributed by atoms with Gasteiger partial charge in [0.1, 0.15) is 5.76 Å². The molecule has 1 aromatic heterocycles. The summed E-state index contributed by atoms with van der Waals surface area (Å²) in [5, 5.41) is 13.4. The average molecular weight is 355 g/mol. The molecule has 1 heterocycles. The molecular weight excluding hydrogens is 323 g/mol. The van der Waals surface area contributed by atoms with E-state index in [-0.39, 0.29) is 30.9 Å². The van der Waals surface area contributed by atoms with Crippen LogP contribution in [0, 0.1) is 5.92 Å². The second-order valence-electron chi connectivity index (χ2n) is 6.15. The molecule has 0 aliphatic heterocycles. The van der Waals surface area contributed by atoms with Gasteiger partial charge in [0.15, 0.2) is 0 Å². The Morgan fingerprint density at radius 3 is 2.45 bits per heavy atom. The molecule has 0 radical (unpaired) electrons. The van der Waals surface area contributed by atoms with Crippen LogP contribution >= 0.6 is 24.8 Å². The molecule has 0 bridgehead atoms. The lowest BCUT2D eigenvalue weighted by Crippen LogP contribution is -2.45. The number of hydrogen-bond donors (Lipinski definition) is 3. The van der Waals surface area contributed by atoms with Crippen molar-refractivity contribution >= 4 is 24.8 Å². The van der Waals surface area contributed by atoms with E-state index in [1.54, 1.807) is 6.26 Å². The molecule has 132 valence electrons. The van der Waals surface area contributed by atoms with E-state index in [9.17, 15) is 5.11 Å². The number of rotatable bonds is 10. The van der Waals surface area contributed by atoms with E-state index in [0.29, 0.717) is 19.0 Å². The smallest absolute Gasteiger partial charge is 0.105 e. The SMILES string of the molecule is CC(C)CCCC(C)NC[C@@H](O)[C@@H](N)Cc1ccco1.Cl.Cl. The third-order valence-corrected chi connectivity index (χ3v) is 3.61. The van der Waals surface area contributed by atoms with Crippen LogP contribution in [-0.2, 0) is 6.42 Å². The lowest BCUT2D eigenvalue weighted by Gasteiger charge is -2.21. The van der Waals surface area contributed by atoms with Crippen LogP contribution in [0.4, 0.5) is 0 Å². The molecule has 3 atom stereocenters. The van der Waals surface area contributed by atoms with Gasteiger partial charge in [-0.3, -0.25) is 0 Å². The summed E-state index contributed by atoms with van der Waals surface area (Å²) in [7, 11) is 0. The molecule has 22 heavy (non-hydrogen) atoms. The summed E-state index contributed by atoms with van der Waals surface area (Å²) >= 11 is 0. The highest BCUT2D eigenvalue weighted by Crippen LogP contribution is 2.09. The number of hydrogen-bond acceptors (Lipinski definition) is 4. The first-order valence-corrected chi connectivity index (χ1v) is 7.68. The third-order valence-electron chi connectivity index (χ3n) is 3.61. The Kier molecular flexibility index (Phi) is 14.4. The zero-order valence-corrected chi connectivity index (χ0v) is 15.5. The van der Waals surface area contributed by atoms with Crippen molar-refractivity contribution in [3.63, 3.8) is 0 Å². The highest BCUT2D eigenvalue weighted by Gasteiger charge is 2.17. The van der Waals surface area contributed by atoms with Gasteiger partial charge in [0.05, 0.1) is 12.4 Å². The van der Waals surface area contributed by atoms with Crippen LogP contribution in [0.25, 0.3) is 0 Å². The molecule has 0 amide bonds. The molecule has 0 spiro atoms. The molecular formula is C16H32Cl2N2O2. The largest absolute Gasteiger partial charge is 0.469 e. The molecule has 0 aliphatic rings. The van der Waals surface area contributed by atoms with Crippen LogP contribution in [0.3, 0.4) is 0 Å². The zero-order valence-electron chi connectivity index (χ0n) is 13.8. The summed E-state index contributed by atoms with van der Waals surface area (Å²) in [6, 6.07) is 3.84. The quantitative estimate of drug-likeness (QED) is 0.603. The van der Waals surface area contributed by atoms with Crippen LogP contribution in [0.2, 0.25) is 0 Å². The van der Waals surface area contributed by atoms with Crippen molar-refractivity contribution in [2.24, 2.45) is 11.7 Å². The van der Waals surface area contributed by atoms with Gasteiger partial charge in [-0.15, -0.1) is 24.8 Å². The van der Waals surface area contributed by atoms with Crippen molar-refractivity contribution in [3.05, 3.63) is 24.2 Å². The minimum Gasteiger partial charge on any atom is -0.469 e. The lowest BCUT2D eigenvalue weighted by molar-refractivity contribution is 0.135. The summed E-state index contributed by atoms with van der Waals surface area (Å²) < 4.78 is 5.24. The van der Waals surface area contributed by atoms with E-state index in [0.717, 1.165) is 18.1 Å². The van der Waals surface area contributed by atoms with Crippen LogP contribution in [0.1, 0.15) is 45.8 Å². The van der Waals surface area contributed by atoms with Crippen molar-refractivity contribution in [2.45, 2.75) is 64.6 Å². The lowest BCUT2D eigenvalue weighted by atomic mass is 10.0. The molecule has 0 aromatic carbocycles. The first kappa shape index (κ1) is 24.0. The van der Waals surface area contributed by atoms with E-state index in [4.69, 9.17) is 10.2 Å². The predicted octanol–water partition coefficient (Wildman–Crippen LogP) is 3.16. The summed E-state index contributed by atoms with van der Waals surface area (Å²) in [4.78, 5) is 0. The highest BCUT2D eigenvalue weighted by atomic mass is 35.5. The standard InChI is InChI=1S/C16H30N2O2.2ClH/c1-12(2)6-4-7-13(3)18-11-16(19)15(17)10-14-8-5-9-20-14;;/h5,8-9,12-13,15-16,18-19H,4,6-7,10-11,17H2,1-3H3;2*1H/t13?,15-,16+;;/m0../s1. The topological polar surface area (TPSA) is 71.4 Å². The summed E-state index contributed by atoms with van der Waals surface area (Å²) in [6.07, 6.45) is 5.26. The second-order valence-corrected chi connectivity index (χ2v) is 6.15. The molecule has 0 fully saturated rings. The van der Waals surface area contributed by atoms with Gasteiger partial charge < -0.3 is 20.6 Å². The Morgan fingerprint density at radius 1 is 1.23 bits per heavy atom. The monoisotopic (exact) mass is 354 g/mol. The van der Waals surface area contributed by atoms with Crippen LogP contribution < -0.4 is 11.1 Å². The minimum absolute atomic E-state index is 0. The van der Waals surface area contributed by atoms with E-state index in [2.05, 4.69) is 26.1 Å². The number of aliphatic hydroxyl groups is 1. The maximum absolute atomic E-state index is 10.0. The summed E-state index contributed by atoms with van der Waals surface area (Å²) in [5.74, 6) is 1.58. The number of nitrogens with two attached hydrogens (primary N) is 1. The first-order valence-electron chi connectivity index (χ1n) is 7.68. The van der Waals surface area contributed by atoms with Gasteiger partial charge in [0.25, 0.3) is 0 Å². The third kappa shape index (κ3) is 10.5. The van der Waals surface area contributed by atoms with Crippen LogP contribution in [0.5, 0.6) is 0 Å². The van der Waals surface area contributed by atoms with Gasteiger partial charge in [0.2, 0.25) is 0 Å². The normalized spacial score (nSPS) is 14.8. The van der Waals surface area contributed by atoms with E-state index in [1.807, 2.05) is 12.1 Å². The van der Waals surface area contributed by atoms with E-state index >= 15 is 0 Å². The van der Waals surface area contributed by atoms with E-state index < -0.39 is 6.10 Å². The Balaban J connectivity index is 0. The number of aliphatic hydroxyl groups excluding tert-OH is 1. The Labute approximate surface area is 147 Å². The van der Waals surface area contributed by atoms with Gasteiger partial charge in [-0.25, -0.2) is 0 Å². The summed E-state index contributed by atoms with van der Waals surface area (Å²) in [6.45, 7) is 7.18. The molecule has 6 heteroatoms. The Morgan fingerprint density at radius 2 is 1.91 bits per heavy atom. The van der Waals surface area contributed by atoms with Gasteiger partial charge in [-0.1, -0.05) is 26.7 Å². The minimum atomic E-state index is -0.548. The van der Waals surface area contributed by atoms with Crippen molar-refractivity contribution < 1.29 is 9.52 Å². The van der Waals surface area contributed by atoms with E-state index in [1.165, 1.54) is 12.8 Å². The number of furan rings is 1. The molecule has 0 saturated heterocycles. The Hall–Kier alpha value is -0.260. The van der Waals surface area contributed by atoms with Crippen LogP contribution in [0.15, 0.2) is 22.8 Å². The molecule has 1 unspecified atom stereocenters. The van der Waals surface area contributed by atoms with Gasteiger partial charge in [-0.2, -0.15) is 0 Å². The zero-order chi connectivity index (χ0) is 15.0. The number of nitrogens with one attached hydrogen (secondary N) is 1. The molecule has 4 nitrogen and oxygen atoms in total. The van der Waals surface area contributed by atoms with Crippen molar-refractivity contribution in [1.82, 2.24) is 5.32 Å². The Bertz CT molecular complexity index is 348. The summed E-state index contributed by atoms with van der Waals surface area (Å²) in [5.41, 5.74) is 5.98. The molecule has 4 N–H and O–H groups in total. The van der Waals surface area contributed by atoms with Crippen molar-refractivity contribution in [1.29, 1.82) is 0 Å². The second kappa shape index (κ2) is 13.2. The van der Waals surface area contributed by atoms with Gasteiger partial charge in [0, 0.05) is 25.0 Å². The fourth-order valence-corrected chi connectivity index (χ4v) is 2.20. The van der Waals surface area contributed by atoms with Crippen molar-refractivity contribution in [2.75, 3.05) is 6.54 Å².